The fourth-order valence-corrected chi connectivity index (χ4v) is 2.16. The normalized spacial score (nSPS) is 12.6. The Labute approximate surface area is 115 Å². The van der Waals surface area contributed by atoms with Crippen LogP contribution in [0.4, 0.5) is 0 Å². The molecule has 0 saturated heterocycles. The maximum Gasteiger partial charge on any atom is 0.0521 e. The van der Waals surface area contributed by atoms with Gasteiger partial charge in [-0.05, 0) is 58.7 Å². The van der Waals surface area contributed by atoms with Gasteiger partial charge in [-0.15, -0.1) is 0 Å². The van der Waals surface area contributed by atoms with Gasteiger partial charge in [0.1, 0.15) is 0 Å². The maximum absolute atomic E-state index is 6.17. The van der Waals surface area contributed by atoms with E-state index in [2.05, 4.69) is 52.0 Å². The van der Waals surface area contributed by atoms with Crippen LogP contribution in [0.5, 0.6) is 0 Å². The molecule has 1 atom stereocenters. The minimum atomic E-state index is 0.104. The van der Waals surface area contributed by atoms with Crippen LogP contribution in [0.3, 0.4) is 0 Å². The minimum absolute atomic E-state index is 0.104. The zero-order valence-corrected chi connectivity index (χ0v) is 12.0. The van der Waals surface area contributed by atoms with Crippen molar-refractivity contribution in [2.24, 2.45) is 12.8 Å². The van der Waals surface area contributed by atoms with E-state index < -0.39 is 0 Å². The van der Waals surface area contributed by atoms with Crippen molar-refractivity contribution < 1.29 is 0 Å². The molecule has 4 heteroatoms. The maximum atomic E-state index is 6.17. The van der Waals surface area contributed by atoms with Crippen LogP contribution in [0.2, 0.25) is 0 Å². The van der Waals surface area contributed by atoms with Gasteiger partial charge < -0.3 is 5.73 Å². The van der Waals surface area contributed by atoms with E-state index >= 15 is 0 Å². The van der Waals surface area contributed by atoms with Gasteiger partial charge in [-0.3, -0.25) is 4.68 Å². The second-order valence-electron chi connectivity index (χ2n) is 4.22. The molecule has 1 heterocycles. The Kier molecular flexibility index (Phi) is 4.17. The lowest BCUT2D eigenvalue weighted by molar-refractivity contribution is 0.651. The van der Waals surface area contributed by atoms with Crippen LogP contribution in [0.15, 0.2) is 36.7 Å². The number of benzene rings is 1. The molecule has 0 saturated carbocycles. The second-order valence-corrected chi connectivity index (χ2v) is 5.46. The first-order valence-electron chi connectivity index (χ1n) is 5.64. The predicted octanol–water partition coefficient (Wildman–Crippen LogP) is 2.66. The topological polar surface area (TPSA) is 43.8 Å². The van der Waals surface area contributed by atoms with Crippen molar-refractivity contribution in [3.8, 4) is 0 Å². The third-order valence-corrected chi connectivity index (χ3v) is 3.52. The van der Waals surface area contributed by atoms with Crippen molar-refractivity contribution in [3.63, 3.8) is 0 Å². The first-order chi connectivity index (χ1) is 8.15. The van der Waals surface area contributed by atoms with E-state index in [1.807, 2.05) is 24.1 Å². The van der Waals surface area contributed by atoms with Crippen LogP contribution in [0.1, 0.15) is 23.6 Å². The Hall–Kier alpha value is -0.880. The summed E-state index contributed by atoms with van der Waals surface area (Å²) in [5.41, 5.74) is 8.62. The van der Waals surface area contributed by atoms with E-state index in [0.717, 1.165) is 12.8 Å². The molecule has 0 aliphatic carbocycles. The van der Waals surface area contributed by atoms with Crippen molar-refractivity contribution >= 4 is 22.6 Å². The minimum Gasteiger partial charge on any atom is -0.324 e. The number of hydrogen-bond donors (Lipinski definition) is 1. The molecule has 1 unspecified atom stereocenters. The average molecular weight is 341 g/mol. The third-order valence-electron chi connectivity index (χ3n) is 2.80. The summed E-state index contributed by atoms with van der Waals surface area (Å²) in [6.45, 7) is 0. The van der Waals surface area contributed by atoms with Crippen LogP contribution in [-0.4, -0.2) is 9.78 Å². The molecule has 2 N–H and O–H groups in total. The van der Waals surface area contributed by atoms with E-state index in [1.165, 1.54) is 14.7 Å². The van der Waals surface area contributed by atoms with Crippen molar-refractivity contribution in [2.45, 2.75) is 18.9 Å². The molecule has 1 aromatic heterocycles. The highest BCUT2D eigenvalue weighted by Gasteiger charge is 2.06. The van der Waals surface area contributed by atoms with E-state index in [4.69, 9.17) is 5.73 Å². The Morgan fingerprint density at radius 3 is 2.65 bits per heavy atom. The van der Waals surface area contributed by atoms with E-state index in [1.54, 1.807) is 0 Å². The number of aryl methyl sites for hydroxylation is 2. The van der Waals surface area contributed by atoms with E-state index in [-0.39, 0.29) is 6.04 Å². The quantitative estimate of drug-likeness (QED) is 0.869. The first kappa shape index (κ1) is 12.6. The monoisotopic (exact) mass is 341 g/mol. The average Bonchev–Trinajstić information content (AvgIpc) is 2.73. The molecule has 0 aliphatic rings. The van der Waals surface area contributed by atoms with Gasteiger partial charge in [0.05, 0.1) is 6.20 Å². The molecule has 1 aromatic carbocycles. The summed E-state index contributed by atoms with van der Waals surface area (Å²) in [5, 5.41) is 4.15. The Balaban J connectivity index is 1.93. The molecule has 2 aromatic rings. The predicted molar refractivity (Wildman–Crippen MR) is 77.6 cm³/mol. The lowest BCUT2D eigenvalue weighted by atomic mass is 10.0. The molecule has 0 bridgehead atoms. The molecule has 3 nitrogen and oxygen atoms in total. The number of halogens is 1. The van der Waals surface area contributed by atoms with Gasteiger partial charge in [0.25, 0.3) is 0 Å². The molecule has 17 heavy (non-hydrogen) atoms. The molecule has 90 valence electrons. The molecule has 0 radical (unpaired) electrons. The van der Waals surface area contributed by atoms with Gasteiger partial charge in [0.15, 0.2) is 0 Å². The highest BCUT2D eigenvalue weighted by molar-refractivity contribution is 14.1. The van der Waals surface area contributed by atoms with Crippen molar-refractivity contribution in [1.29, 1.82) is 0 Å². The zero-order valence-electron chi connectivity index (χ0n) is 9.81. The summed E-state index contributed by atoms with van der Waals surface area (Å²) in [7, 11) is 1.93. The SMILES string of the molecule is Cn1cc(CCC(N)c2ccc(I)cc2)cn1. The molecule has 0 fully saturated rings. The Morgan fingerprint density at radius 1 is 1.35 bits per heavy atom. The third kappa shape index (κ3) is 3.54. The summed E-state index contributed by atoms with van der Waals surface area (Å²) in [5.74, 6) is 0. The Bertz CT molecular complexity index is 476. The largest absolute Gasteiger partial charge is 0.324 e. The molecular weight excluding hydrogens is 325 g/mol. The van der Waals surface area contributed by atoms with Gasteiger partial charge in [-0.1, -0.05) is 12.1 Å². The van der Waals surface area contributed by atoms with Crippen LogP contribution >= 0.6 is 22.6 Å². The highest BCUT2D eigenvalue weighted by Crippen LogP contribution is 2.17. The molecular formula is C13H16IN3. The highest BCUT2D eigenvalue weighted by atomic mass is 127. The van der Waals surface area contributed by atoms with Gasteiger partial charge in [0, 0.05) is 22.9 Å². The summed E-state index contributed by atoms with van der Waals surface area (Å²) >= 11 is 2.30. The number of nitrogens with two attached hydrogens (primary N) is 1. The van der Waals surface area contributed by atoms with Crippen LogP contribution in [0, 0.1) is 3.57 Å². The molecule has 0 aliphatic heterocycles. The molecule has 0 amide bonds. The number of rotatable bonds is 4. The van der Waals surface area contributed by atoms with Crippen LogP contribution in [-0.2, 0) is 13.5 Å². The fraction of sp³-hybridized carbons (Fsp3) is 0.308. The number of aromatic nitrogens is 2. The van der Waals surface area contributed by atoms with E-state index in [0.29, 0.717) is 0 Å². The summed E-state index contributed by atoms with van der Waals surface area (Å²) < 4.78 is 3.07. The first-order valence-corrected chi connectivity index (χ1v) is 6.71. The molecule has 2 rings (SSSR count). The van der Waals surface area contributed by atoms with Gasteiger partial charge in [-0.2, -0.15) is 5.10 Å². The lowest BCUT2D eigenvalue weighted by Gasteiger charge is -2.11. The smallest absolute Gasteiger partial charge is 0.0521 e. The van der Waals surface area contributed by atoms with Crippen molar-refractivity contribution in [3.05, 3.63) is 51.4 Å². The fourth-order valence-electron chi connectivity index (χ4n) is 1.80. The van der Waals surface area contributed by atoms with Gasteiger partial charge in [-0.25, -0.2) is 0 Å². The summed E-state index contributed by atoms with van der Waals surface area (Å²) in [6.07, 6.45) is 5.87. The van der Waals surface area contributed by atoms with Gasteiger partial charge >= 0.3 is 0 Å². The van der Waals surface area contributed by atoms with Crippen molar-refractivity contribution in [2.75, 3.05) is 0 Å². The summed E-state index contributed by atoms with van der Waals surface area (Å²) in [4.78, 5) is 0. The van der Waals surface area contributed by atoms with E-state index in [9.17, 15) is 0 Å². The van der Waals surface area contributed by atoms with Crippen LogP contribution in [0.25, 0.3) is 0 Å². The number of nitrogens with zero attached hydrogens (tertiary/aromatic N) is 2. The second kappa shape index (κ2) is 5.64. The molecule has 0 spiro atoms. The lowest BCUT2D eigenvalue weighted by Crippen LogP contribution is -2.11. The Morgan fingerprint density at radius 2 is 2.06 bits per heavy atom. The van der Waals surface area contributed by atoms with Gasteiger partial charge in [0.2, 0.25) is 0 Å². The zero-order chi connectivity index (χ0) is 12.3. The van der Waals surface area contributed by atoms with Crippen molar-refractivity contribution in [1.82, 2.24) is 9.78 Å². The van der Waals surface area contributed by atoms with Crippen LogP contribution < -0.4 is 5.73 Å². The summed E-state index contributed by atoms with van der Waals surface area (Å²) in [6, 6.07) is 8.51. The standard InChI is InChI=1S/C13H16IN3/c1-17-9-10(8-16-17)2-7-13(15)11-3-5-12(14)6-4-11/h3-6,8-9,13H,2,7,15H2,1H3. The number of hydrogen-bond acceptors (Lipinski definition) is 2.